The first-order chi connectivity index (χ1) is 11.8. The van der Waals surface area contributed by atoms with Crippen LogP contribution in [0.2, 0.25) is 0 Å². The molecule has 1 aromatic rings. The number of aryl methyl sites for hydroxylation is 2. The third-order valence-electron chi connectivity index (χ3n) is 4.35. The van der Waals surface area contributed by atoms with Gasteiger partial charge >= 0.3 is 0 Å². The number of allylic oxidation sites excluding steroid dienone is 1. The highest BCUT2D eigenvalue weighted by Gasteiger charge is 2.14. The fourth-order valence-corrected chi connectivity index (χ4v) is 2.84. The highest BCUT2D eigenvalue weighted by molar-refractivity contribution is 5.58. The molecule has 1 rings (SSSR count). The van der Waals surface area contributed by atoms with Crippen molar-refractivity contribution in [3.8, 4) is 5.75 Å². The van der Waals surface area contributed by atoms with E-state index in [1.54, 1.807) is 0 Å². The number of phenols is 1. The van der Waals surface area contributed by atoms with Crippen molar-refractivity contribution in [2.75, 3.05) is 13.2 Å². The van der Waals surface area contributed by atoms with Crippen molar-refractivity contribution >= 4 is 6.08 Å². The Morgan fingerprint density at radius 1 is 1.20 bits per heavy atom. The molecule has 4 nitrogen and oxygen atoms in total. The molecule has 1 aromatic carbocycles. The van der Waals surface area contributed by atoms with Crippen LogP contribution in [-0.2, 0) is 0 Å². The fraction of sp³-hybridized carbons (Fsp3) is 0.429. The second kappa shape index (κ2) is 10.2. The quantitative estimate of drug-likeness (QED) is 0.517. The SMILES string of the molecule is C=C(CO)/C(=C/CO)C(O)CC/C(=C/c1cc(C)c(O)c(C)c1)CC. The van der Waals surface area contributed by atoms with Crippen molar-refractivity contribution in [3.05, 3.63) is 58.2 Å². The van der Waals surface area contributed by atoms with Crippen LogP contribution in [0.25, 0.3) is 6.08 Å². The maximum absolute atomic E-state index is 10.4. The largest absolute Gasteiger partial charge is 0.507 e. The van der Waals surface area contributed by atoms with Crippen LogP contribution in [0.3, 0.4) is 0 Å². The highest BCUT2D eigenvalue weighted by atomic mass is 16.3. The molecule has 0 aliphatic heterocycles. The Bertz CT molecular complexity index is 633. The van der Waals surface area contributed by atoms with Gasteiger partial charge in [-0.1, -0.05) is 31.2 Å². The summed E-state index contributed by atoms with van der Waals surface area (Å²) in [5.41, 5.74) is 4.82. The zero-order valence-corrected chi connectivity index (χ0v) is 15.4. The van der Waals surface area contributed by atoms with Gasteiger partial charge < -0.3 is 20.4 Å². The average Bonchev–Trinajstić information content (AvgIpc) is 2.59. The molecule has 0 saturated carbocycles. The topological polar surface area (TPSA) is 80.9 Å². The van der Waals surface area contributed by atoms with Crippen LogP contribution >= 0.6 is 0 Å². The van der Waals surface area contributed by atoms with Gasteiger partial charge in [0.2, 0.25) is 0 Å². The molecule has 1 atom stereocenters. The smallest absolute Gasteiger partial charge is 0.121 e. The summed E-state index contributed by atoms with van der Waals surface area (Å²) >= 11 is 0. The molecule has 4 heteroatoms. The van der Waals surface area contributed by atoms with Crippen molar-refractivity contribution in [2.24, 2.45) is 0 Å². The zero-order chi connectivity index (χ0) is 19.0. The number of hydrogen-bond acceptors (Lipinski definition) is 4. The predicted molar refractivity (Wildman–Crippen MR) is 102 cm³/mol. The van der Waals surface area contributed by atoms with E-state index in [9.17, 15) is 15.3 Å². The fourth-order valence-electron chi connectivity index (χ4n) is 2.84. The van der Waals surface area contributed by atoms with Crippen LogP contribution in [0.5, 0.6) is 5.75 Å². The summed E-state index contributed by atoms with van der Waals surface area (Å²) in [5.74, 6) is 0.326. The normalized spacial score (nSPS) is 13.8. The highest BCUT2D eigenvalue weighted by Crippen LogP contribution is 2.26. The molecule has 0 radical (unpaired) electrons. The molecule has 0 aliphatic rings. The number of benzene rings is 1. The summed E-state index contributed by atoms with van der Waals surface area (Å²) in [6.07, 6.45) is 4.84. The molecule has 1 unspecified atom stereocenters. The lowest BCUT2D eigenvalue weighted by molar-refractivity contribution is 0.197. The second-order valence-electron chi connectivity index (χ2n) is 6.32. The standard InChI is InChI=1S/C21H30O4/c1-5-17(12-18-10-14(2)21(25)15(3)11-18)6-7-20(24)19(8-9-22)16(4)13-23/h8,10-12,20,22-25H,4-7,9,13H2,1-3H3/b17-12+,19-8-. The van der Waals surface area contributed by atoms with Crippen molar-refractivity contribution in [3.63, 3.8) is 0 Å². The number of aromatic hydroxyl groups is 1. The average molecular weight is 346 g/mol. The molecule has 0 bridgehead atoms. The molecule has 138 valence electrons. The maximum atomic E-state index is 10.4. The van der Waals surface area contributed by atoms with E-state index in [1.165, 1.54) is 11.6 Å². The minimum Gasteiger partial charge on any atom is -0.507 e. The van der Waals surface area contributed by atoms with Gasteiger partial charge in [-0.25, -0.2) is 0 Å². The number of aliphatic hydroxyl groups is 3. The van der Waals surface area contributed by atoms with Gasteiger partial charge in [0.1, 0.15) is 5.75 Å². The van der Waals surface area contributed by atoms with Crippen LogP contribution in [0.4, 0.5) is 0 Å². The molecule has 25 heavy (non-hydrogen) atoms. The van der Waals surface area contributed by atoms with Crippen LogP contribution < -0.4 is 0 Å². The summed E-state index contributed by atoms with van der Waals surface area (Å²) in [7, 11) is 0. The van der Waals surface area contributed by atoms with Crippen LogP contribution in [0, 0.1) is 13.8 Å². The first-order valence-electron chi connectivity index (χ1n) is 8.61. The lowest BCUT2D eigenvalue weighted by Gasteiger charge is -2.17. The number of hydrogen-bond donors (Lipinski definition) is 4. The van der Waals surface area contributed by atoms with Crippen LogP contribution in [0.1, 0.15) is 42.9 Å². The van der Waals surface area contributed by atoms with E-state index in [0.29, 0.717) is 29.7 Å². The Labute approximate surface area is 150 Å². The Hall–Kier alpha value is -1.88. The van der Waals surface area contributed by atoms with Crippen molar-refractivity contribution in [1.82, 2.24) is 0 Å². The molecule has 0 fully saturated rings. The van der Waals surface area contributed by atoms with Crippen molar-refractivity contribution < 1.29 is 20.4 Å². The molecule has 0 amide bonds. The minimum atomic E-state index is -0.773. The summed E-state index contributed by atoms with van der Waals surface area (Å²) in [6.45, 7) is 9.10. The molecular weight excluding hydrogens is 316 g/mol. The Morgan fingerprint density at radius 3 is 2.28 bits per heavy atom. The second-order valence-corrected chi connectivity index (χ2v) is 6.32. The Balaban J connectivity index is 2.88. The summed E-state index contributed by atoms with van der Waals surface area (Å²) in [5, 5.41) is 38.5. The van der Waals surface area contributed by atoms with Gasteiger partial charge in [0, 0.05) is 0 Å². The molecule has 0 spiro atoms. The van der Waals surface area contributed by atoms with Gasteiger partial charge in [-0.2, -0.15) is 0 Å². The minimum absolute atomic E-state index is 0.200. The predicted octanol–water partition coefficient (Wildman–Crippen LogP) is 3.41. The van der Waals surface area contributed by atoms with Gasteiger partial charge in [0.15, 0.2) is 0 Å². The van der Waals surface area contributed by atoms with Gasteiger partial charge in [-0.05, 0) is 73.1 Å². The van der Waals surface area contributed by atoms with Gasteiger partial charge in [0.05, 0.1) is 19.3 Å². The Morgan fingerprint density at radius 2 is 1.80 bits per heavy atom. The van der Waals surface area contributed by atoms with E-state index in [1.807, 2.05) is 26.0 Å². The summed E-state index contributed by atoms with van der Waals surface area (Å²) < 4.78 is 0. The molecule has 0 aromatic heterocycles. The van der Waals surface area contributed by atoms with E-state index in [0.717, 1.165) is 23.1 Å². The lowest BCUT2D eigenvalue weighted by Crippen LogP contribution is -2.14. The van der Waals surface area contributed by atoms with Gasteiger partial charge in [0.25, 0.3) is 0 Å². The Kier molecular flexibility index (Phi) is 8.62. The zero-order valence-electron chi connectivity index (χ0n) is 15.4. The van der Waals surface area contributed by atoms with E-state index in [-0.39, 0.29) is 13.2 Å². The van der Waals surface area contributed by atoms with E-state index in [4.69, 9.17) is 5.11 Å². The van der Waals surface area contributed by atoms with E-state index >= 15 is 0 Å². The maximum Gasteiger partial charge on any atom is 0.121 e. The number of phenolic OH excluding ortho intramolecular Hbond substituents is 1. The van der Waals surface area contributed by atoms with Crippen molar-refractivity contribution in [1.29, 1.82) is 0 Å². The number of rotatable bonds is 9. The first kappa shape index (κ1) is 21.2. The van der Waals surface area contributed by atoms with Gasteiger partial charge in [-0.3, -0.25) is 0 Å². The molecular formula is C21H30O4. The van der Waals surface area contributed by atoms with E-state index < -0.39 is 6.10 Å². The van der Waals surface area contributed by atoms with Crippen LogP contribution in [-0.4, -0.2) is 39.7 Å². The molecule has 0 saturated heterocycles. The lowest BCUT2D eigenvalue weighted by atomic mass is 9.94. The van der Waals surface area contributed by atoms with Gasteiger partial charge in [-0.15, -0.1) is 0 Å². The third-order valence-corrected chi connectivity index (χ3v) is 4.35. The first-order valence-corrected chi connectivity index (χ1v) is 8.61. The summed E-state index contributed by atoms with van der Waals surface area (Å²) in [6, 6.07) is 3.89. The monoisotopic (exact) mass is 346 g/mol. The van der Waals surface area contributed by atoms with Crippen LogP contribution in [0.15, 0.2) is 41.5 Å². The molecule has 4 N–H and O–H groups in total. The van der Waals surface area contributed by atoms with Crippen molar-refractivity contribution in [2.45, 2.75) is 46.1 Å². The van der Waals surface area contributed by atoms with E-state index in [2.05, 4.69) is 19.6 Å². The number of aliphatic hydroxyl groups excluding tert-OH is 3. The molecule has 0 aliphatic carbocycles. The molecule has 0 heterocycles. The summed E-state index contributed by atoms with van der Waals surface area (Å²) in [4.78, 5) is 0. The third kappa shape index (κ3) is 6.16.